The highest BCUT2D eigenvalue weighted by atomic mass is 35.5. The van der Waals surface area contributed by atoms with Crippen LogP contribution in [0.2, 0.25) is 10.0 Å². The van der Waals surface area contributed by atoms with E-state index >= 15 is 0 Å². The van der Waals surface area contributed by atoms with Crippen LogP contribution in [0.25, 0.3) is 0 Å². The van der Waals surface area contributed by atoms with Crippen molar-refractivity contribution in [3.05, 3.63) is 57.5 Å². The predicted octanol–water partition coefficient (Wildman–Crippen LogP) is 4.75. The first-order chi connectivity index (χ1) is 8.56. The van der Waals surface area contributed by atoms with Crippen molar-refractivity contribution in [1.29, 1.82) is 0 Å². The molecule has 0 saturated heterocycles. The van der Waals surface area contributed by atoms with Crippen molar-refractivity contribution >= 4 is 23.2 Å². The quantitative estimate of drug-likeness (QED) is 0.876. The molecule has 0 aliphatic heterocycles. The van der Waals surface area contributed by atoms with Gasteiger partial charge in [0.05, 0.1) is 16.6 Å². The molecule has 0 bridgehead atoms. The molecule has 0 aliphatic carbocycles. The van der Waals surface area contributed by atoms with Crippen LogP contribution in [0.3, 0.4) is 0 Å². The first-order valence-corrected chi connectivity index (χ1v) is 6.55. The smallest absolute Gasteiger partial charge is 0.117 e. The Bertz CT molecular complexity index is 536. The molecule has 0 aliphatic rings. The van der Waals surface area contributed by atoms with Crippen LogP contribution in [0.4, 0.5) is 0 Å². The summed E-state index contributed by atoms with van der Waals surface area (Å²) in [6.07, 6.45) is 0. The minimum Gasteiger partial charge on any atom is -0.465 e. The molecule has 18 heavy (non-hydrogen) atoms. The molecule has 1 aromatic heterocycles. The van der Waals surface area contributed by atoms with Gasteiger partial charge in [0.1, 0.15) is 11.5 Å². The molecule has 1 atom stereocenters. The normalized spacial score (nSPS) is 12.7. The molecule has 0 fully saturated rings. The minimum absolute atomic E-state index is 0.185. The monoisotopic (exact) mass is 283 g/mol. The van der Waals surface area contributed by atoms with Crippen LogP contribution in [0, 0.1) is 6.92 Å². The molecule has 1 aromatic carbocycles. The van der Waals surface area contributed by atoms with Crippen molar-refractivity contribution in [1.82, 2.24) is 5.32 Å². The van der Waals surface area contributed by atoms with Gasteiger partial charge < -0.3 is 9.73 Å². The van der Waals surface area contributed by atoms with Crippen molar-refractivity contribution in [3.8, 4) is 0 Å². The van der Waals surface area contributed by atoms with E-state index in [-0.39, 0.29) is 6.04 Å². The van der Waals surface area contributed by atoms with E-state index in [0.29, 0.717) is 16.6 Å². The molecule has 0 spiro atoms. The van der Waals surface area contributed by atoms with Gasteiger partial charge in [0, 0.05) is 6.04 Å². The number of nitrogens with one attached hydrogen (secondary N) is 1. The Balaban J connectivity index is 1.99. The van der Waals surface area contributed by atoms with Gasteiger partial charge in [0.2, 0.25) is 0 Å². The SMILES string of the molecule is Cc1ccc(CNC(C)c2ccc(Cl)c(Cl)c2)o1. The Hall–Kier alpha value is -0.960. The topological polar surface area (TPSA) is 25.2 Å². The lowest BCUT2D eigenvalue weighted by Gasteiger charge is -2.14. The predicted molar refractivity (Wildman–Crippen MR) is 75.2 cm³/mol. The summed E-state index contributed by atoms with van der Waals surface area (Å²) in [7, 11) is 0. The molecule has 2 nitrogen and oxygen atoms in total. The second-order valence-corrected chi connectivity index (χ2v) is 5.10. The lowest BCUT2D eigenvalue weighted by Crippen LogP contribution is -2.17. The van der Waals surface area contributed by atoms with Crippen molar-refractivity contribution in [3.63, 3.8) is 0 Å². The van der Waals surface area contributed by atoms with Crippen LogP contribution < -0.4 is 5.32 Å². The van der Waals surface area contributed by atoms with Gasteiger partial charge in [-0.15, -0.1) is 0 Å². The lowest BCUT2D eigenvalue weighted by atomic mass is 10.1. The van der Waals surface area contributed by atoms with Gasteiger partial charge >= 0.3 is 0 Å². The summed E-state index contributed by atoms with van der Waals surface area (Å²) in [5.41, 5.74) is 1.10. The number of hydrogen-bond acceptors (Lipinski definition) is 2. The number of benzene rings is 1. The third-order valence-electron chi connectivity index (χ3n) is 2.82. The van der Waals surface area contributed by atoms with Crippen LogP contribution in [0.15, 0.2) is 34.7 Å². The Morgan fingerprint density at radius 3 is 2.56 bits per heavy atom. The molecule has 96 valence electrons. The molecule has 0 amide bonds. The first-order valence-electron chi connectivity index (χ1n) is 5.80. The van der Waals surface area contributed by atoms with E-state index < -0.39 is 0 Å². The zero-order valence-electron chi connectivity index (χ0n) is 10.3. The van der Waals surface area contributed by atoms with E-state index in [9.17, 15) is 0 Å². The summed E-state index contributed by atoms with van der Waals surface area (Å²) in [4.78, 5) is 0. The number of aryl methyl sites for hydroxylation is 1. The summed E-state index contributed by atoms with van der Waals surface area (Å²) in [5.74, 6) is 1.86. The molecule has 1 unspecified atom stereocenters. The Morgan fingerprint density at radius 1 is 1.17 bits per heavy atom. The Morgan fingerprint density at radius 2 is 1.94 bits per heavy atom. The average molecular weight is 284 g/mol. The van der Waals surface area contributed by atoms with Crippen LogP contribution in [-0.2, 0) is 6.54 Å². The van der Waals surface area contributed by atoms with Gasteiger partial charge in [-0.3, -0.25) is 0 Å². The summed E-state index contributed by atoms with van der Waals surface area (Å²) in [5, 5.41) is 4.54. The van der Waals surface area contributed by atoms with Crippen LogP contribution in [0.5, 0.6) is 0 Å². The zero-order valence-corrected chi connectivity index (χ0v) is 11.8. The largest absolute Gasteiger partial charge is 0.465 e. The molecule has 4 heteroatoms. The average Bonchev–Trinajstić information content (AvgIpc) is 2.75. The molecule has 2 rings (SSSR count). The molecule has 1 N–H and O–H groups in total. The summed E-state index contributed by atoms with van der Waals surface area (Å²) in [6.45, 7) is 4.70. The van der Waals surface area contributed by atoms with E-state index in [1.165, 1.54) is 0 Å². The maximum Gasteiger partial charge on any atom is 0.117 e. The number of rotatable bonds is 4. The maximum atomic E-state index is 6.00. The van der Waals surface area contributed by atoms with Crippen LogP contribution >= 0.6 is 23.2 Å². The van der Waals surface area contributed by atoms with Crippen molar-refractivity contribution in [2.75, 3.05) is 0 Å². The van der Waals surface area contributed by atoms with E-state index in [2.05, 4.69) is 12.2 Å². The number of furan rings is 1. The van der Waals surface area contributed by atoms with Gasteiger partial charge in [-0.2, -0.15) is 0 Å². The highest BCUT2D eigenvalue weighted by Gasteiger charge is 2.08. The third-order valence-corrected chi connectivity index (χ3v) is 3.56. The second-order valence-electron chi connectivity index (χ2n) is 4.29. The lowest BCUT2D eigenvalue weighted by molar-refractivity contribution is 0.444. The second kappa shape index (κ2) is 5.79. The standard InChI is InChI=1S/C14H15Cl2NO/c1-9-3-5-12(18-9)8-17-10(2)11-4-6-13(15)14(16)7-11/h3-7,10,17H,8H2,1-2H3. The number of halogens is 2. The zero-order chi connectivity index (χ0) is 13.1. The Labute approximate surface area is 117 Å². The summed E-state index contributed by atoms with van der Waals surface area (Å²) >= 11 is 11.9. The van der Waals surface area contributed by atoms with Crippen molar-refractivity contribution in [2.45, 2.75) is 26.4 Å². The summed E-state index contributed by atoms with van der Waals surface area (Å²) in [6, 6.07) is 9.79. The number of hydrogen-bond donors (Lipinski definition) is 1. The highest BCUT2D eigenvalue weighted by molar-refractivity contribution is 6.42. The van der Waals surface area contributed by atoms with Gasteiger partial charge in [-0.25, -0.2) is 0 Å². The van der Waals surface area contributed by atoms with Gasteiger partial charge in [0.15, 0.2) is 0 Å². The van der Waals surface area contributed by atoms with Gasteiger partial charge in [-0.1, -0.05) is 29.3 Å². The van der Waals surface area contributed by atoms with Crippen LogP contribution in [0.1, 0.15) is 30.0 Å². The minimum atomic E-state index is 0.185. The van der Waals surface area contributed by atoms with E-state index in [1.807, 2.05) is 37.3 Å². The third kappa shape index (κ3) is 3.29. The first kappa shape index (κ1) is 13.5. The highest BCUT2D eigenvalue weighted by Crippen LogP contribution is 2.25. The fourth-order valence-electron chi connectivity index (χ4n) is 1.73. The van der Waals surface area contributed by atoms with Crippen molar-refractivity contribution in [2.24, 2.45) is 0 Å². The van der Waals surface area contributed by atoms with Gasteiger partial charge in [0.25, 0.3) is 0 Å². The van der Waals surface area contributed by atoms with E-state index in [1.54, 1.807) is 0 Å². The molecular formula is C14H15Cl2NO. The molecular weight excluding hydrogens is 269 g/mol. The van der Waals surface area contributed by atoms with Crippen LogP contribution in [-0.4, -0.2) is 0 Å². The fraction of sp³-hybridized carbons (Fsp3) is 0.286. The molecule has 2 aromatic rings. The fourth-order valence-corrected chi connectivity index (χ4v) is 2.04. The van der Waals surface area contributed by atoms with E-state index in [4.69, 9.17) is 27.6 Å². The van der Waals surface area contributed by atoms with Gasteiger partial charge in [-0.05, 0) is 43.7 Å². The maximum absolute atomic E-state index is 6.00. The molecule has 0 saturated carbocycles. The molecule has 0 radical (unpaired) electrons. The molecule has 1 heterocycles. The van der Waals surface area contributed by atoms with E-state index in [0.717, 1.165) is 17.1 Å². The summed E-state index contributed by atoms with van der Waals surface area (Å²) < 4.78 is 5.50. The van der Waals surface area contributed by atoms with Crippen molar-refractivity contribution < 1.29 is 4.42 Å². The Kier molecular flexibility index (Phi) is 4.33.